The van der Waals surface area contributed by atoms with Crippen LogP contribution in [0.2, 0.25) is 10.0 Å². The van der Waals surface area contributed by atoms with Crippen LogP contribution in [0.3, 0.4) is 0 Å². The van der Waals surface area contributed by atoms with Crippen molar-refractivity contribution in [1.29, 1.82) is 0 Å². The molecule has 7 nitrogen and oxygen atoms in total. The molecule has 32 heavy (non-hydrogen) atoms. The van der Waals surface area contributed by atoms with Gasteiger partial charge in [0.2, 0.25) is 0 Å². The van der Waals surface area contributed by atoms with Crippen molar-refractivity contribution in [2.45, 2.75) is 6.92 Å². The molecular weight excluding hydrogens is 453 g/mol. The summed E-state index contributed by atoms with van der Waals surface area (Å²) in [5.41, 5.74) is 6.66. The van der Waals surface area contributed by atoms with Crippen LogP contribution in [0.1, 0.15) is 26.3 Å². The summed E-state index contributed by atoms with van der Waals surface area (Å²) < 4.78 is 5.37. The second kappa shape index (κ2) is 10.7. The smallest absolute Gasteiger partial charge is 0.276 e. The van der Waals surface area contributed by atoms with Crippen LogP contribution in [-0.2, 0) is 4.79 Å². The van der Waals surface area contributed by atoms with Gasteiger partial charge in [-0.15, -0.1) is 0 Å². The van der Waals surface area contributed by atoms with E-state index in [1.807, 2.05) is 19.1 Å². The molecule has 0 fully saturated rings. The summed E-state index contributed by atoms with van der Waals surface area (Å²) >= 11 is 11.8. The molecule has 0 atom stereocenters. The Hall–Kier alpha value is -3.55. The maximum Gasteiger partial charge on any atom is 0.276 e. The second-order valence-corrected chi connectivity index (χ2v) is 7.67. The van der Waals surface area contributed by atoms with Crippen molar-refractivity contribution in [3.63, 3.8) is 0 Å². The number of aryl methyl sites for hydroxylation is 1. The molecule has 0 heterocycles. The van der Waals surface area contributed by atoms with Crippen LogP contribution in [-0.4, -0.2) is 24.3 Å². The topological polar surface area (TPSA) is 96.5 Å². The summed E-state index contributed by atoms with van der Waals surface area (Å²) in [6, 6.07) is 17.9. The number of nitrogens with one attached hydrogen (secondary N) is 3. The maximum atomic E-state index is 12.3. The van der Waals surface area contributed by atoms with Crippen molar-refractivity contribution in [3.05, 3.63) is 93.5 Å². The summed E-state index contributed by atoms with van der Waals surface area (Å²) in [7, 11) is 0. The molecule has 0 radical (unpaired) electrons. The molecule has 3 amide bonds. The number of hydrazine groups is 1. The molecule has 0 saturated carbocycles. The number of benzene rings is 3. The SMILES string of the molecule is Cc1cccc(OCC(=O)NNC(=O)c2ccc(NC(=O)c3cc(Cl)cc(Cl)c3)cc2)c1. The lowest BCUT2D eigenvalue weighted by molar-refractivity contribution is -0.123. The first kappa shape index (κ1) is 23.1. The third kappa shape index (κ3) is 6.73. The third-order valence-corrected chi connectivity index (χ3v) is 4.64. The molecular formula is C23H19Cl2N3O4. The Bertz CT molecular complexity index is 1130. The van der Waals surface area contributed by atoms with Crippen LogP contribution < -0.4 is 20.9 Å². The van der Waals surface area contributed by atoms with E-state index in [4.69, 9.17) is 27.9 Å². The van der Waals surface area contributed by atoms with Gasteiger partial charge in [-0.1, -0.05) is 35.3 Å². The van der Waals surface area contributed by atoms with E-state index in [9.17, 15) is 14.4 Å². The number of anilines is 1. The molecule has 3 aromatic rings. The van der Waals surface area contributed by atoms with Crippen molar-refractivity contribution in [2.24, 2.45) is 0 Å². The minimum absolute atomic E-state index is 0.248. The number of hydrogen-bond acceptors (Lipinski definition) is 4. The highest BCUT2D eigenvalue weighted by atomic mass is 35.5. The number of halogens is 2. The zero-order valence-corrected chi connectivity index (χ0v) is 18.5. The van der Waals surface area contributed by atoms with Crippen molar-refractivity contribution in [1.82, 2.24) is 10.9 Å². The lowest BCUT2D eigenvalue weighted by atomic mass is 10.1. The number of rotatable bonds is 6. The monoisotopic (exact) mass is 471 g/mol. The molecule has 3 N–H and O–H groups in total. The molecule has 3 rings (SSSR count). The van der Waals surface area contributed by atoms with E-state index in [2.05, 4.69) is 16.2 Å². The van der Waals surface area contributed by atoms with Gasteiger partial charge < -0.3 is 10.1 Å². The van der Waals surface area contributed by atoms with E-state index in [1.165, 1.54) is 30.3 Å². The molecule has 0 bridgehead atoms. The second-order valence-electron chi connectivity index (χ2n) is 6.80. The summed E-state index contributed by atoms with van der Waals surface area (Å²) in [5.74, 6) is -0.867. The molecule has 3 aromatic carbocycles. The Labute approximate surface area is 194 Å². The van der Waals surface area contributed by atoms with Gasteiger partial charge >= 0.3 is 0 Å². The molecule has 0 saturated heterocycles. The van der Waals surface area contributed by atoms with E-state index >= 15 is 0 Å². The summed E-state index contributed by atoms with van der Waals surface area (Å²) in [6.45, 7) is 1.67. The Morgan fingerprint density at radius 2 is 1.50 bits per heavy atom. The Kier molecular flexibility index (Phi) is 7.70. The van der Waals surface area contributed by atoms with Gasteiger partial charge in [-0.2, -0.15) is 0 Å². The highest BCUT2D eigenvalue weighted by molar-refractivity contribution is 6.35. The minimum Gasteiger partial charge on any atom is -0.484 e. The molecule has 0 unspecified atom stereocenters. The number of carbonyl (C=O) groups excluding carboxylic acids is 3. The predicted octanol–water partition coefficient (Wildman–Crippen LogP) is 4.39. The fourth-order valence-electron chi connectivity index (χ4n) is 2.68. The summed E-state index contributed by atoms with van der Waals surface area (Å²) in [5, 5.41) is 3.39. The Morgan fingerprint density at radius 1 is 0.812 bits per heavy atom. The zero-order chi connectivity index (χ0) is 23.1. The largest absolute Gasteiger partial charge is 0.484 e. The van der Waals surface area contributed by atoms with Crippen LogP contribution in [0.15, 0.2) is 66.7 Å². The molecule has 0 aliphatic rings. The van der Waals surface area contributed by atoms with E-state index < -0.39 is 17.7 Å². The van der Waals surface area contributed by atoms with E-state index in [0.29, 0.717) is 27.0 Å². The molecule has 0 aliphatic heterocycles. The minimum atomic E-state index is -0.520. The van der Waals surface area contributed by atoms with E-state index in [1.54, 1.807) is 24.3 Å². The third-order valence-electron chi connectivity index (χ3n) is 4.20. The van der Waals surface area contributed by atoms with Gasteiger partial charge in [0.25, 0.3) is 17.7 Å². The highest BCUT2D eigenvalue weighted by Gasteiger charge is 2.11. The van der Waals surface area contributed by atoms with Crippen molar-refractivity contribution >= 4 is 46.6 Å². The van der Waals surface area contributed by atoms with Gasteiger partial charge in [0.15, 0.2) is 6.61 Å². The van der Waals surface area contributed by atoms with Crippen LogP contribution in [0.4, 0.5) is 5.69 Å². The van der Waals surface area contributed by atoms with Gasteiger partial charge in [-0.05, 0) is 67.1 Å². The van der Waals surface area contributed by atoms with Gasteiger partial charge in [-0.25, -0.2) is 0 Å². The Balaban J connectivity index is 1.49. The molecule has 164 valence electrons. The quantitative estimate of drug-likeness (QED) is 0.464. The van der Waals surface area contributed by atoms with Crippen molar-refractivity contribution in [3.8, 4) is 5.75 Å². The average Bonchev–Trinajstić information content (AvgIpc) is 2.76. The first-order valence-corrected chi connectivity index (χ1v) is 10.2. The average molecular weight is 472 g/mol. The van der Waals surface area contributed by atoms with Gasteiger partial charge in [-0.3, -0.25) is 25.2 Å². The predicted molar refractivity (Wildman–Crippen MR) is 123 cm³/mol. The summed E-state index contributed by atoms with van der Waals surface area (Å²) in [6.07, 6.45) is 0. The van der Waals surface area contributed by atoms with Gasteiger partial charge in [0, 0.05) is 26.9 Å². The number of ether oxygens (including phenoxy) is 1. The van der Waals surface area contributed by atoms with Crippen molar-refractivity contribution < 1.29 is 19.1 Å². The summed E-state index contributed by atoms with van der Waals surface area (Å²) in [4.78, 5) is 36.4. The number of hydrogen-bond donors (Lipinski definition) is 3. The van der Waals surface area contributed by atoms with Gasteiger partial charge in [0.05, 0.1) is 0 Å². The number of carbonyl (C=O) groups is 3. The fourth-order valence-corrected chi connectivity index (χ4v) is 3.21. The molecule has 0 spiro atoms. The highest BCUT2D eigenvalue weighted by Crippen LogP contribution is 2.20. The molecule has 0 aromatic heterocycles. The van der Waals surface area contributed by atoms with Crippen molar-refractivity contribution in [2.75, 3.05) is 11.9 Å². The zero-order valence-electron chi connectivity index (χ0n) is 16.9. The van der Waals surface area contributed by atoms with Crippen LogP contribution in [0.5, 0.6) is 5.75 Å². The molecule has 0 aliphatic carbocycles. The lowest BCUT2D eigenvalue weighted by Gasteiger charge is -2.10. The Morgan fingerprint density at radius 3 is 2.16 bits per heavy atom. The number of amides is 3. The standard InChI is InChI=1S/C23H19Cl2N3O4/c1-14-3-2-4-20(9-14)32-13-21(29)27-28-23(31)15-5-7-19(8-6-15)26-22(30)16-10-17(24)12-18(25)11-16/h2-12H,13H2,1H3,(H,26,30)(H,27,29)(H,28,31). The van der Waals surface area contributed by atoms with Crippen LogP contribution >= 0.6 is 23.2 Å². The van der Waals surface area contributed by atoms with Crippen LogP contribution in [0, 0.1) is 6.92 Å². The van der Waals surface area contributed by atoms with Gasteiger partial charge in [0.1, 0.15) is 5.75 Å². The first-order chi connectivity index (χ1) is 15.3. The first-order valence-electron chi connectivity index (χ1n) is 9.46. The van der Waals surface area contributed by atoms with E-state index in [-0.39, 0.29) is 12.2 Å². The molecule has 9 heteroatoms. The lowest BCUT2D eigenvalue weighted by Crippen LogP contribution is -2.43. The van der Waals surface area contributed by atoms with Crippen LogP contribution in [0.25, 0.3) is 0 Å². The van der Waals surface area contributed by atoms with E-state index in [0.717, 1.165) is 5.56 Å². The maximum absolute atomic E-state index is 12.3. The fraction of sp³-hybridized carbons (Fsp3) is 0.0870. The normalized spacial score (nSPS) is 10.2.